The molecule has 2 rings (SSSR count). The normalized spacial score (nSPS) is 17.8. The molecule has 0 amide bonds. The summed E-state index contributed by atoms with van der Waals surface area (Å²) in [7, 11) is -1.83. The van der Waals surface area contributed by atoms with Gasteiger partial charge in [-0.3, -0.25) is 0 Å². The second-order valence-corrected chi connectivity index (χ2v) is 6.83. The number of aromatic nitrogens is 3. The van der Waals surface area contributed by atoms with Crippen molar-refractivity contribution in [2.75, 3.05) is 26.8 Å². The summed E-state index contributed by atoms with van der Waals surface area (Å²) in [4.78, 5) is 0. The number of hydrogen-bond acceptors (Lipinski definition) is 5. The highest BCUT2D eigenvalue weighted by atomic mass is 32.2. The van der Waals surface area contributed by atoms with Crippen molar-refractivity contribution in [2.45, 2.75) is 38.8 Å². The lowest BCUT2D eigenvalue weighted by atomic mass is 10.2. The molecular weight excluding hydrogens is 294 g/mol. The molecule has 0 spiro atoms. The van der Waals surface area contributed by atoms with Crippen LogP contribution in [0.15, 0.2) is 6.33 Å². The van der Waals surface area contributed by atoms with Crippen LogP contribution in [0.1, 0.15) is 31.5 Å². The molecule has 0 unspecified atom stereocenters. The third kappa shape index (κ3) is 4.73. The van der Waals surface area contributed by atoms with Gasteiger partial charge in [0.2, 0.25) is 0 Å². The molecule has 21 heavy (non-hydrogen) atoms. The third-order valence-electron chi connectivity index (χ3n) is 3.55. The zero-order chi connectivity index (χ0) is 15.1. The molecule has 1 fully saturated rings. The smallest absolute Gasteiger partial charge is 0.279 e. The van der Waals surface area contributed by atoms with Gasteiger partial charge in [-0.05, 0) is 12.8 Å². The Balaban J connectivity index is 1.93. The van der Waals surface area contributed by atoms with E-state index in [4.69, 9.17) is 4.74 Å². The van der Waals surface area contributed by atoms with Gasteiger partial charge >= 0.3 is 0 Å². The van der Waals surface area contributed by atoms with Gasteiger partial charge in [-0.1, -0.05) is 12.8 Å². The van der Waals surface area contributed by atoms with Gasteiger partial charge in [0.05, 0.1) is 13.2 Å². The molecule has 0 bridgehead atoms. The molecule has 1 saturated heterocycles. The quantitative estimate of drug-likeness (QED) is 0.772. The molecule has 9 heteroatoms. The first-order chi connectivity index (χ1) is 10.1. The lowest BCUT2D eigenvalue weighted by molar-refractivity contribution is 0.186. The first-order valence-corrected chi connectivity index (χ1v) is 8.68. The Morgan fingerprint density at radius 3 is 2.67 bits per heavy atom. The average Bonchev–Trinajstić information content (AvgIpc) is 2.72. The van der Waals surface area contributed by atoms with Gasteiger partial charge in [0.1, 0.15) is 12.2 Å². The fourth-order valence-corrected chi connectivity index (χ4v) is 3.55. The molecule has 1 N–H and O–H groups in total. The summed E-state index contributed by atoms with van der Waals surface area (Å²) in [6.07, 6.45) is 5.61. The molecule has 1 aromatic heterocycles. The highest BCUT2D eigenvalue weighted by Crippen LogP contribution is 2.12. The largest absolute Gasteiger partial charge is 0.383 e. The van der Waals surface area contributed by atoms with Crippen molar-refractivity contribution in [1.29, 1.82) is 0 Å². The van der Waals surface area contributed by atoms with Crippen LogP contribution >= 0.6 is 0 Å². The van der Waals surface area contributed by atoms with Gasteiger partial charge in [0.25, 0.3) is 10.2 Å². The Morgan fingerprint density at radius 1 is 1.29 bits per heavy atom. The lowest BCUT2D eigenvalue weighted by Gasteiger charge is -2.20. The van der Waals surface area contributed by atoms with E-state index in [2.05, 4.69) is 14.9 Å². The summed E-state index contributed by atoms with van der Waals surface area (Å²) in [6.45, 7) is 2.45. The van der Waals surface area contributed by atoms with Crippen LogP contribution in [0.5, 0.6) is 0 Å². The van der Waals surface area contributed by atoms with Gasteiger partial charge in [0, 0.05) is 26.7 Å². The Hall–Kier alpha value is -1.03. The van der Waals surface area contributed by atoms with Crippen LogP contribution in [-0.2, 0) is 28.0 Å². The summed E-state index contributed by atoms with van der Waals surface area (Å²) in [5.41, 5.74) is 0. The molecule has 120 valence electrons. The predicted octanol–water partition coefficient (Wildman–Crippen LogP) is 0.135. The molecule has 0 saturated carbocycles. The van der Waals surface area contributed by atoms with Crippen molar-refractivity contribution in [3.63, 3.8) is 0 Å². The Bertz CT molecular complexity index is 523. The van der Waals surface area contributed by atoms with E-state index < -0.39 is 10.2 Å². The lowest BCUT2D eigenvalue weighted by Crippen LogP contribution is -2.41. The number of hydrogen-bond donors (Lipinski definition) is 1. The van der Waals surface area contributed by atoms with E-state index in [0.717, 1.165) is 25.7 Å². The molecule has 0 atom stereocenters. The third-order valence-corrected chi connectivity index (χ3v) is 5.10. The molecule has 1 aliphatic rings. The first kappa shape index (κ1) is 16.3. The van der Waals surface area contributed by atoms with Crippen molar-refractivity contribution in [3.8, 4) is 0 Å². The number of rotatable bonds is 7. The molecule has 2 heterocycles. The van der Waals surface area contributed by atoms with E-state index >= 15 is 0 Å². The van der Waals surface area contributed by atoms with E-state index in [1.807, 2.05) is 0 Å². The van der Waals surface area contributed by atoms with Gasteiger partial charge in [-0.2, -0.15) is 17.4 Å². The van der Waals surface area contributed by atoms with E-state index in [-0.39, 0.29) is 6.54 Å². The second kappa shape index (κ2) is 7.83. The summed E-state index contributed by atoms with van der Waals surface area (Å²) in [5.74, 6) is 0.588. The minimum Gasteiger partial charge on any atom is -0.383 e. The Labute approximate surface area is 125 Å². The highest BCUT2D eigenvalue weighted by molar-refractivity contribution is 7.87. The van der Waals surface area contributed by atoms with E-state index in [0.29, 0.717) is 32.1 Å². The van der Waals surface area contributed by atoms with Crippen molar-refractivity contribution < 1.29 is 13.2 Å². The number of methoxy groups -OCH3 is 1. The maximum absolute atomic E-state index is 12.3. The van der Waals surface area contributed by atoms with Crippen molar-refractivity contribution in [1.82, 2.24) is 23.8 Å². The summed E-state index contributed by atoms with van der Waals surface area (Å²) < 4.78 is 35.5. The van der Waals surface area contributed by atoms with Crippen molar-refractivity contribution in [2.24, 2.45) is 0 Å². The molecule has 8 nitrogen and oxygen atoms in total. The van der Waals surface area contributed by atoms with Gasteiger partial charge in [-0.25, -0.2) is 0 Å². The average molecular weight is 317 g/mol. The SMILES string of the molecule is COCCn1cnnc1CNS(=O)(=O)N1CCCCCC1. The number of nitrogens with zero attached hydrogens (tertiary/aromatic N) is 4. The Morgan fingerprint density at radius 2 is 2.00 bits per heavy atom. The molecule has 0 aromatic carbocycles. The highest BCUT2D eigenvalue weighted by Gasteiger charge is 2.23. The second-order valence-electron chi connectivity index (χ2n) is 5.07. The van der Waals surface area contributed by atoms with E-state index in [1.165, 1.54) is 4.31 Å². The fourth-order valence-electron chi connectivity index (χ4n) is 2.32. The maximum Gasteiger partial charge on any atom is 0.279 e. The fraction of sp³-hybridized carbons (Fsp3) is 0.833. The molecule has 0 aliphatic carbocycles. The summed E-state index contributed by atoms with van der Waals surface area (Å²) in [5, 5.41) is 7.76. The standard InChI is InChI=1S/C12H23N5O3S/c1-20-9-8-16-11-13-15-12(16)10-14-21(18,19)17-6-4-2-3-5-7-17/h11,14H,2-10H2,1H3. The molecule has 1 aliphatic heterocycles. The monoisotopic (exact) mass is 317 g/mol. The summed E-state index contributed by atoms with van der Waals surface area (Å²) in [6, 6.07) is 0. The van der Waals surface area contributed by atoms with Crippen LogP contribution in [-0.4, -0.2) is 54.3 Å². The first-order valence-electron chi connectivity index (χ1n) is 7.24. The van der Waals surface area contributed by atoms with Crippen LogP contribution in [0.2, 0.25) is 0 Å². The molecule has 1 aromatic rings. The molecular formula is C12H23N5O3S. The van der Waals surface area contributed by atoms with Gasteiger partial charge < -0.3 is 9.30 Å². The number of ether oxygens (including phenoxy) is 1. The van der Waals surface area contributed by atoms with E-state index in [1.54, 1.807) is 18.0 Å². The topological polar surface area (TPSA) is 89.3 Å². The zero-order valence-corrected chi connectivity index (χ0v) is 13.2. The van der Waals surface area contributed by atoms with Crippen molar-refractivity contribution in [3.05, 3.63) is 12.2 Å². The zero-order valence-electron chi connectivity index (χ0n) is 12.4. The maximum atomic E-state index is 12.3. The van der Waals surface area contributed by atoms with Crippen molar-refractivity contribution >= 4 is 10.2 Å². The van der Waals surface area contributed by atoms with Crippen LogP contribution in [0, 0.1) is 0 Å². The summed E-state index contributed by atoms with van der Waals surface area (Å²) >= 11 is 0. The van der Waals surface area contributed by atoms with Gasteiger partial charge in [-0.15, -0.1) is 10.2 Å². The van der Waals surface area contributed by atoms with Crippen LogP contribution in [0.3, 0.4) is 0 Å². The minimum absolute atomic E-state index is 0.141. The van der Waals surface area contributed by atoms with Crippen LogP contribution < -0.4 is 4.72 Å². The van der Waals surface area contributed by atoms with Crippen LogP contribution in [0.25, 0.3) is 0 Å². The predicted molar refractivity (Wildman–Crippen MR) is 77.7 cm³/mol. The van der Waals surface area contributed by atoms with Gasteiger partial charge in [0.15, 0.2) is 0 Å². The molecule has 0 radical (unpaired) electrons. The van der Waals surface area contributed by atoms with E-state index in [9.17, 15) is 8.42 Å². The minimum atomic E-state index is -3.45. The number of nitrogens with one attached hydrogen (secondary N) is 1. The van der Waals surface area contributed by atoms with Crippen LogP contribution in [0.4, 0.5) is 0 Å². The Kier molecular flexibility index (Phi) is 6.09.